The second-order valence-corrected chi connectivity index (χ2v) is 13.0. The third-order valence-corrected chi connectivity index (χ3v) is 9.75. The van der Waals surface area contributed by atoms with E-state index in [9.17, 15) is 0 Å². The number of anilines is 5. The first kappa shape index (κ1) is 28.8. The summed E-state index contributed by atoms with van der Waals surface area (Å²) < 4.78 is 0. The Bertz CT molecular complexity index is 2100. The Labute approximate surface area is 278 Å². The Hall–Kier alpha value is -5.60. The maximum Gasteiger partial charge on any atom is 0.0465 e. The zero-order valence-corrected chi connectivity index (χ0v) is 27.0. The van der Waals surface area contributed by atoms with Gasteiger partial charge in [-0.1, -0.05) is 123 Å². The molecule has 47 heavy (non-hydrogen) atoms. The number of rotatable bonds is 5. The van der Waals surface area contributed by atoms with E-state index < -0.39 is 0 Å². The maximum atomic E-state index is 2.40. The lowest BCUT2D eigenvalue weighted by molar-refractivity contribution is 0.660. The quantitative estimate of drug-likeness (QED) is 0.193. The molecular weight excluding hydrogens is 569 g/mol. The minimum absolute atomic E-state index is 0.0567. The first-order chi connectivity index (χ1) is 23.1. The molecule has 0 saturated carbocycles. The van der Waals surface area contributed by atoms with E-state index in [1.54, 1.807) is 0 Å². The molecule has 2 heteroatoms. The van der Waals surface area contributed by atoms with Gasteiger partial charge in [0, 0.05) is 40.4 Å². The van der Waals surface area contributed by atoms with E-state index >= 15 is 0 Å². The summed E-state index contributed by atoms with van der Waals surface area (Å²) in [4.78, 5) is 4.78. The zero-order valence-electron chi connectivity index (χ0n) is 27.0. The van der Waals surface area contributed by atoms with Crippen molar-refractivity contribution < 1.29 is 0 Å². The predicted octanol–water partition coefficient (Wildman–Crippen LogP) is 11.9. The molecule has 6 aromatic carbocycles. The van der Waals surface area contributed by atoms with Crippen LogP contribution in [-0.2, 0) is 11.8 Å². The number of hydrogen-bond acceptors (Lipinski definition) is 2. The van der Waals surface area contributed by atoms with Gasteiger partial charge in [-0.25, -0.2) is 0 Å². The molecule has 2 nitrogen and oxygen atoms in total. The Morgan fingerprint density at radius 1 is 0.532 bits per heavy atom. The number of nitrogens with zero attached hydrogens (tertiary/aromatic N) is 2. The van der Waals surface area contributed by atoms with Gasteiger partial charge in [-0.15, -0.1) is 0 Å². The van der Waals surface area contributed by atoms with Crippen LogP contribution in [0.2, 0.25) is 0 Å². The van der Waals surface area contributed by atoms with Crippen LogP contribution in [0.25, 0.3) is 22.3 Å². The third-order valence-electron chi connectivity index (χ3n) is 9.75. The monoisotopic (exact) mass is 606 g/mol. The number of fused-ring (bicyclic) bond motifs is 4. The first-order valence-electron chi connectivity index (χ1n) is 16.6. The molecule has 0 unspecified atom stereocenters. The average molecular weight is 607 g/mol. The van der Waals surface area contributed by atoms with Crippen molar-refractivity contribution in [3.63, 3.8) is 0 Å². The van der Waals surface area contributed by atoms with Crippen LogP contribution >= 0.6 is 0 Å². The van der Waals surface area contributed by atoms with Gasteiger partial charge in [0.2, 0.25) is 0 Å². The summed E-state index contributed by atoms with van der Waals surface area (Å²) in [5, 5.41) is 0. The standard InChI is InChI=1S/C45H38N2/c1-45(2)42-21-13-12-20-40(42)41-28-27-39(32-43(41)45)47(37-18-10-6-11-19-37)38-25-22-33(23-26-38)34-24-29-44-35(31-34)15-7-3-4-14-30-46(44)36-16-8-5-9-17-36/h3-14,16-29,31-32H,15,30H2,1-2H3/b7-3-,14-4-. The molecule has 0 radical (unpaired) electrons. The number of hydrogen-bond donors (Lipinski definition) is 0. The van der Waals surface area contributed by atoms with Crippen molar-refractivity contribution in [3.05, 3.63) is 187 Å². The minimum atomic E-state index is -0.0567. The highest BCUT2D eigenvalue weighted by molar-refractivity contribution is 5.86. The molecular formula is C45H38N2. The fourth-order valence-corrected chi connectivity index (χ4v) is 7.32. The van der Waals surface area contributed by atoms with Crippen LogP contribution in [0.1, 0.15) is 30.5 Å². The minimum Gasteiger partial charge on any atom is -0.337 e. The second kappa shape index (κ2) is 12.0. The van der Waals surface area contributed by atoms with E-state index in [4.69, 9.17) is 0 Å². The van der Waals surface area contributed by atoms with Crippen molar-refractivity contribution in [2.75, 3.05) is 16.3 Å². The molecule has 0 N–H and O–H groups in total. The van der Waals surface area contributed by atoms with E-state index in [1.165, 1.54) is 56.0 Å². The van der Waals surface area contributed by atoms with Gasteiger partial charge in [0.25, 0.3) is 0 Å². The fraction of sp³-hybridized carbons (Fsp3) is 0.111. The largest absolute Gasteiger partial charge is 0.337 e. The summed E-state index contributed by atoms with van der Waals surface area (Å²) in [7, 11) is 0. The zero-order chi connectivity index (χ0) is 31.8. The third kappa shape index (κ3) is 5.26. The van der Waals surface area contributed by atoms with Crippen molar-refractivity contribution in [2.45, 2.75) is 25.7 Å². The lowest BCUT2D eigenvalue weighted by atomic mass is 9.82. The summed E-state index contributed by atoms with van der Waals surface area (Å²) in [6.07, 6.45) is 9.68. The molecule has 2 aliphatic rings. The molecule has 1 aliphatic heterocycles. The van der Waals surface area contributed by atoms with Gasteiger partial charge in [0.15, 0.2) is 0 Å². The molecule has 0 bridgehead atoms. The first-order valence-corrected chi connectivity index (χ1v) is 16.6. The molecule has 1 heterocycles. The van der Waals surface area contributed by atoms with Gasteiger partial charge in [-0.3, -0.25) is 0 Å². The van der Waals surface area contributed by atoms with Crippen LogP contribution in [0.4, 0.5) is 28.4 Å². The molecule has 0 saturated heterocycles. The average Bonchev–Trinajstić information content (AvgIpc) is 3.41. The maximum absolute atomic E-state index is 2.40. The van der Waals surface area contributed by atoms with Crippen molar-refractivity contribution in [2.24, 2.45) is 0 Å². The van der Waals surface area contributed by atoms with Gasteiger partial charge in [0.05, 0.1) is 0 Å². The highest BCUT2D eigenvalue weighted by Gasteiger charge is 2.35. The second-order valence-electron chi connectivity index (χ2n) is 13.0. The number of allylic oxidation sites excluding steroid dienone is 3. The summed E-state index contributed by atoms with van der Waals surface area (Å²) >= 11 is 0. The van der Waals surface area contributed by atoms with Crippen LogP contribution in [0.5, 0.6) is 0 Å². The van der Waals surface area contributed by atoms with Crippen molar-refractivity contribution in [3.8, 4) is 22.3 Å². The van der Waals surface area contributed by atoms with Gasteiger partial charge in [-0.2, -0.15) is 0 Å². The van der Waals surface area contributed by atoms with Crippen LogP contribution < -0.4 is 9.80 Å². The van der Waals surface area contributed by atoms with Crippen molar-refractivity contribution >= 4 is 28.4 Å². The molecule has 0 fully saturated rings. The van der Waals surface area contributed by atoms with Gasteiger partial charge in [-0.05, 0) is 106 Å². The molecule has 8 rings (SSSR count). The summed E-state index contributed by atoms with van der Waals surface area (Å²) in [6, 6.07) is 53.2. The molecule has 0 aromatic heterocycles. The molecule has 6 aromatic rings. The summed E-state index contributed by atoms with van der Waals surface area (Å²) in [6.45, 7) is 5.52. The number of para-hydroxylation sites is 2. The van der Waals surface area contributed by atoms with Crippen molar-refractivity contribution in [1.82, 2.24) is 0 Å². The van der Waals surface area contributed by atoms with Crippen LogP contribution in [0.15, 0.2) is 170 Å². The lowest BCUT2D eigenvalue weighted by Gasteiger charge is -2.28. The topological polar surface area (TPSA) is 6.48 Å². The normalized spacial score (nSPS) is 15.7. The predicted molar refractivity (Wildman–Crippen MR) is 200 cm³/mol. The van der Waals surface area contributed by atoms with Crippen LogP contribution in [-0.4, -0.2) is 6.54 Å². The molecule has 228 valence electrons. The highest BCUT2D eigenvalue weighted by atomic mass is 15.1. The van der Waals surface area contributed by atoms with Crippen molar-refractivity contribution in [1.29, 1.82) is 0 Å². The Balaban J connectivity index is 1.16. The van der Waals surface area contributed by atoms with Gasteiger partial charge in [0.1, 0.15) is 0 Å². The molecule has 0 amide bonds. The van der Waals surface area contributed by atoms with Crippen LogP contribution in [0, 0.1) is 0 Å². The van der Waals surface area contributed by atoms with Crippen LogP contribution in [0.3, 0.4) is 0 Å². The van der Waals surface area contributed by atoms with E-state index in [0.717, 1.165) is 24.3 Å². The molecule has 0 atom stereocenters. The van der Waals surface area contributed by atoms with E-state index in [2.05, 4.69) is 194 Å². The number of benzene rings is 6. The molecule has 0 spiro atoms. The Morgan fingerprint density at radius 2 is 1.17 bits per heavy atom. The lowest BCUT2D eigenvalue weighted by Crippen LogP contribution is -2.18. The highest BCUT2D eigenvalue weighted by Crippen LogP contribution is 2.50. The SMILES string of the molecule is CC1(C)c2ccccc2-c2ccc(N(c3ccccc3)c3ccc(-c4ccc5c(c4)C/C=C\C=C/CN5c4ccccc4)cc3)cc21. The Morgan fingerprint density at radius 3 is 1.98 bits per heavy atom. The van der Waals surface area contributed by atoms with E-state index in [-0.39, 0.29) is 5.41 Å². The smallest absolute Gasteiger partial charge is 0.0465 e. The van der Waals surface area contributed by atoms with E-state index in [0.29, 0.717) is 0 Å². The van der Waals surface area contributed by atoms with Gasteiger partial charge >= 0.3 is 0 Å². The summed E-state index contributed by atoms with van der Waals surface area (Å²) in [5.41, 5.74) is 15.1. The fourth-order valence-electron chi connectivity index (χ4n) is 7.32. The van der Waals surface area contributed by atoms with E-state index in [1.807, 2.05) is 0 Å². The Kier molecular flexibility index (Phi) is 7.34. The molecule has 1 aliphatic carbocycles. The summed E-state index contributed by atoms with van der Waals surface area (Å²) in [5.74, 6) is 0. The van der Waals surface area contributed by atoms with Gasteiger partial charge < -0.3 is 9.80 Å².